The van der Waals surface area contributed by atoms with Gasteiger partial charge in [0.25, 0.3) is 0 Å². The summed E-state index contributed by atoms with van der Waals surface area (Å²) in [7, 11) is 0. The molecule has 1 saturated carbocycles. The molecule has 0 heterocycles. The molecule has 1 aliphatic rings. The molecule has 0 aliphatic heterocycles. The Morgan fingerprint density at radius 2 is 2.17 bits per heavy atom. The largest absolute Gasteiger partial charge is 0.480 e. The summed E-state index contributed by atoms with van der Waals surface area (Å²) in [5, 5.41) is 10.3. The van der Waals surface area contributed by atoms with Crippen molar-refractivity contribution in [2.24, 2.45) is 5.92 Å². The SMILES string of the molecule is O=C(O)CNC(=O)OCC1CC1. The third kappa shape index (κ3) is 3.80. The van der Waals surface area contributed by atoms with E-state index in [4.69, 9.17) is 9.84 Å². The molecule has 1 amide bonds. The van der Waals surface area contributed by atoms with Crippen LogP contribution < -0.4 is 5.32 Å². The molecular weight excluding hydrogens is 162 g/mol. The van der Waals surface area contributed by atoms with E-state index in [9.17, 15) is 9.59 Å². The van der Waals surface area contributed by atoms with Gasteiger partial charge in [-0.05, 0) is 18.8 Å². The minimum atomic E-state index is -1.07. The number of rotatable bonds is 4. The lowest BCUT2D eigenvalue weighted by molar-refractivity contribution is -0.135. The number of hydrogen-bond donors (Lipinski definition) is 2. The summed E-state index contributed by atoms with van der Waals surface area (Å²) in [5.74, 6) is -0.570. The molecular formula is C7H11NO4. The molecule has 0 aromatic carbocycles. The molecule has 0 spiro atoms. The summed E-state index contributed by atoms with van der Waals surface area (Å²) in [5.41, 5.74) is 0. The zero-order valence-corrected chi connectivity index (χ0v) is 6.58. The number of carboxylic acid groups (broad SMARTS) is 1. The minimum absolute atomic E-state index is 0.385. The molecule has 1 fully saturated rings. The topological polar surface area (TPSA) is 75.6 Å². The second-order valence-corrected chi connectivity index (χ2v) is 2.79. The van der Waals surface area contributed by atoms with Crippen molar-refractivity contribution < 1.29 is 19.4 Å². The van der Waals surface area contributed by atoms with Crippen LogP contribution in [0.4, 0.5) is 4.79 Å². The van der Waals surface area contributed by atoms with Crippen molar-refractivity contribution in [2.75, 3.05) is 13.2 Å². The van der Waals surface area contributed by atoms with E-state index in [-0.39, 0.29) is 6.54 Å². The van der Waals surface area contributed by atoms with Gasteiger partial charge in [0.1, 0.15) is 6.54 Å². The third-order valence-corrected chi connectivity index (χ3v) is 1.53. The molecule has 0 aromatic heterocycles. The number of carbonyl (C=O) groups excluding carboxylic acids is 1. The van der Waals surface area contributed by atoms with E-state index in [0.29, 0.717) is 12.5 Å². The van der Waals surface area contributed by atoms with Gasteiger partial charge >= 0.3 is 12.1 Å². The average Bonchev–Trinajstić information content (AvgIpc) is 2.80. The molecule has 1 rings (SSSR count). The van der Waals surface area contributed by atoms with Crippen LogP contribution in [0.25, 0.3) is 0 Å². The van der Waals surface area contributed by atoms with Crippen LogP contribution in [-0.4, -0.2) is 30.3 Å². The van der Waals surface area contributed by atoms with Crippen LogP contribution in [0.15, 0.2) is 0 Å². The first-order valence-electron chi connectivity index (χ1n) is 3.81. The van der Waals surface area contributed by atoms with Crippen molar-refractivity contribution in [3.8, 4) is 0 Å². The van der Waals surface area contributed by atoms with Gasteiger partial charge in [-0.15, -0.1) is 0 Å². The minimum Gasteiger partial charge on any atom is -0.480 e. The van der Waals surface area contributed by atoms with Gasteiger partial charge in [0.05, 0.1) is 6.61 Å². The fourth-order valence-electron chi connectivity index (χ4n) is 0.677. The fourth-order valence-corrected chi connectivity index (χ4v) is 0.677. The van der Waals surface area contributed by atoms with Gasteiger partial charge < -0.3 is 15.2 Å². The Kier molecular flexibility index (Phi) is 2.90. The van der Waals surface area contributed by atoms with Crippen LogP contribution in [0.3, 0.4) is 0 Å². The van der Waals surface area contributed by atoms with Gasteiger partial charge in [-0.1, -0.05) is 0 Å². The first-order chi connectivity index (χ1) is 5.68. The Bertz CT molecular complexity index is 188. The Morgan fingerprint density at radius 1 is 1.50 bits per heavy atom. The normalized spacial score (nSPS) is 15.3. The molecule has 0 atom stereocenters. The maximum absolute atomic E-state index is 10.7. The predicted octanol–water partition coefficient (Wildman–Crippen LogP) is 0.207. The van der Waals surface area contributed by atoms with E-state index in [2.05, 4.69) is 5.32 Å². The van der Waals surface area contributed by atoms with Crippen LogP contribution in [-0.2, 0) is 9.53 Å². The molecule has 2 N–H and O–H groups in total. The second kappa shape index (κ2) is 3.94. The van der Waals surface area contributed by atoms with Gasteiger partial charge in [0, 0.05) is 0 Å². The van der Waals surface area contributed by atoms with Gasteiger partial charge in [0.2, 0.25) is 0 Å². The van der Waals surface area contributed by atoms with Crippen LogP contribution in [0.2, 0.25) is 0 Å². The molecule has 5 heteroatoms. The summed E-state index contributed by atoms with van der Waals surface area (Å²) < 4.78 is 4.70. The van der Waals surface area contributed by atoms with Crippen LogP contribution in [0, 0.1) is 5.92 Å². The van der Waals surface area contributed by atoms with Gasteiger partial charge in [-0.25, -0.2) is 4.79 Å². The Labute approximate surface area is 69.7 Å². The Morgan fingerprint density at radius 3 is 2.67 bits per heavy atom. The quantitative estimate of drug-likeness (QED) is 0.637. The van der Waals surface area contributed by atoms with Crippen molar-refractivity contribution in [3.63, 3.8) is 0 Å². The smallest absolute Gasteiger partial charge is 0.407 e. The highest BCUT2D eigenvalue weighted by Crippen LogP contribution is 2.28. The molecule has 68 valence electrons. The number of nitrogens with one attached hydrogen (secondary N) is 1. The molecule has 1 aliphatic carbocycles. The predicted molar refractivity (Wildman–Crippen MR) is 39.7 cm³/mol. The number of alkyl carbamates (subject to hydrolysis) is 1. The van der Waals surface area contributed by atoms with Gasteiger partial charge in [0.15, 0.2) is 0 Å². The monoisotopic (exact) mass is 173 g/mol. The zero-order valence-electron chi connectivity index (χ0n) is 6.58. The third-order valence-electron chi connectivity index (χ3n) is 1.53. The van der Waals surface area contributed by atoms with E-state index in [1.54, 1.807) is 0 Å². The number of carbonyl (C=O) groups is 2. The molecule has 0 saturated heterocycles. The van der Waals surface area contributed by atoms with E-state index in [1.807, 2.05) is 0 Å². The maximum atomic E-state index is 10.7. The molecule has 0 unspecified atom stereocenters. The second-order valence-electron chi connectivity index (χ2n) is 2.79. The number of carboxylic acids is 1. The van der Waals surface area contributed by atoms with E-state index < -0.39 is 12.1 Å². The zero-order chi connectivity index (χ0) is 8.97. The van der Waals surface area contributed by atoms with Crippen LogP contribution in [0.1, 0.15) is 12.8 Å². The summed E-state index contributed by atoms with van der Waals surface area (Å²) in [4.78, 5) is 20.7. The molecule has 12 heavy (non-hydrogen) atoms. The highest BCUT2D eigenvalue weighted by Gasteiger charge is 2.22. The van der Waals surface area contributed by atoms with Gasteiger partial charge in [-0.3, -0.25) is 4.79 Å². The average molecular weight is 173 g/mol. The lowest BCUT2D eigenvalue weighted by Crippen LogP contribution is -2.30. The standard InChI is InChI=1S/C7H11NO4/c9-6(10)3-8-7(11)12-4-5-1-2-5/h5H,1-4H2,(H,8,11)(H,9,10). The lowest BCUT2D eigenvalue weighted by atomic mass is 10.5. The van der Waals surface area contributed by atoms with Crippen molar-refractivity contribution in [3.05, 3.63) is 0 Å². The van der Waals surface area contributed by atoms with Crippen LogP contribution >= 0.6 is 0 Å². The Hall–Kier alpha value is -1.26. The molecule has 0 bridgehead atoms. The van der Waals surface area contributed by atoms with Crippen molar-refractivity contribution in [1.29, 1.82) is 0 Å². The lowest BCUT2D eigenvalue weighted by Gasteiger charge is -2.02. The summed E-state index contributed by atoms with van der Waals surface area (Å²) in [6, 6.07) is 0. The first kappa shape index (κ1) is 8.83. The van der Waals surface area contributed by atoms with Crippen molar-refractivity contribution >= 4 is 12.1 Å². The Balaban J connectivity index is 1.98. The summed E-state index contributed by atoms with van der Waals surface area (Å²) in [6.45, 7) is 0.0228. The number of hydrogen-bond acceptors (Lipinski definition) is 3. The number of amides is 1. The van der Waals surface area contributed by atoms with Crippen molar-refractivity contribution in [2.45, 2.75) is 12.8 Å². The van der Waals surface area contributed by atoms with E-state index in [0.717, 1.165) is 12.8 Å². The molecule has 5 nitrogen and oxygen atoms in total. The summed E-state index contributed by atoms with van der Waals surface area (Å²) in [6.07, 6.45) is 1.56. The van der Waals surface area contributed by atoms with E-state index in [1.165, 1.54) is 0 Å². The molecule has 0 aromatic rings. The molecule has 0 radical (unpaired) electrons. The first-order valence-corrected chi connectivity index (χ1v) is 3.81. The van der Waals surface area contributed by atoms with Crippen LogP contribution in [0.5, 0.6) is 0 Å². The summed E-state index contributed by atoms with van der Waals surface area (Å²) >= 11 is 0. The maximum Gasteiger partial charge on any atom is 0.407 e. The highest BCUT2D eigenvalue weighted by atomic mass is 16.5. The van der Waals surface area contributed by atoms with E-state index >= 15 is 0 Å². The van der Waals surface area contributed by atoms with Gasteiger partial charge in [-0.2, -0.15) is 0 Å². The highest BCUT2D eigenvalue weighted by molar-refractivity contribution is 5.76. The number of aliphatic carboxylic acids is 1. The van der Waals surface area contributed by atoms with Crippen molar-refractivity contribution in [1.82, 2.24) is 5.32 Å². The number of ether oxygens (including phenoxy) is 1. The fraction of sp³-hybridized carbons (Fsp3) is 0.714.